The van der Waals surface area contributed by atoms with Gasteiger partial charge in [0.15, 0.2) is 10.1 Å². The highest BCUT2D eigenvalue weighted by Crippen LogP contribution is 2.52. The van der Waals surface area contributed by atoms with Crippen molar-refractivity contribution in [2.24, 2.45) is 0 Å². The highest BCUT2D eigenvalue weighted by molar-refractivity contribution is 7.92. The zero-order valence-electron chi connectivity index (χ0n) is 14.3. The third-order valence-corrected chi connectivity index (χ3v) is 9.71. The summed E-state index contributed by atoms with van der Waals surface area (Å²) in [6.07, 6.45) is 1.84. The van der Waals surface area contributed by atoms with Crippen molar-refractivity contribution in [2.75, 3.05) is 0 Å². The van der Waals surface area contributed by atoms with Crippen molar-refractivity contribution in [1.29, 1.82) is 0 Å². The van der Waals surface area contributed by atoms with Crippen LogP contribution in [-0.4, -0.2) is 18.4 Å². The van der Waals surface area contributed by atoms with E-state index >= 15 is 0 Å². The van der Waals surface area contributed by atoms with Gasteiger partial charge >= 0.3 is 0 Å². The summed E-state index contributed by atoms with van der Waals surface area (Å²) >= 11 is 3.02. The number of thiazole rings is 2. The molecule has 0 unspecified atom stereocenters. The maximum atomic E-state index is 12.8. The predicted octanol–water partition coefficient (Wildman–Crippen LogP) is 4.79. The minimum atomic E-state index is -3.56. The van der Waals surface area contributed by atoms with E-state index in [2.05, 4.69) is 51.5 Å². The zero-order chi connectivity index (χ0) is 17.2. The van der Waals surface area contributed by atoms with Crippen LogP contribution in [0.1, 0.15) is 64.4 Å². The Bertz CT molecular complexity index is 807. The lowest BCUT2D eigenvalue weighted by Crippen LogP contribution is -2.16. The van der Waals surface area contributed by atoms with Crippen LogP contribution in [0.15, 0.2) is 10.1 Å². The summed E-state index contributed by atoms with van der Waals surface area (Å²) in [5, 5.41) is 2.22. The van der Waals surface area contributed by atoms with E-state index in [4.69, 9.17) is 0 Å². The first-order valence-electron chi connectivity index (χ1n) is 7.82. The lowest BCUT2D eigenvalue weighted by Gasteiger charge is -2.18. The van der Waals surface area contributed by atoms with Gasteiger partial charge in [-0.3, -0.25) is 0 Å². The highest BCUT2D eigenvalue weighted by Gasteiger charge is 2.43. The molecule has 2 aromatic heterocycles. The molecule has 0 radical (unpaired) electrons. The average molecular weight is 371 g/mol. The third-order valence-electron chi connectivity index (χ3n) is 4.83. The van der Waals surface area contributed by atoms with Crippen molar-refractivity contribution in [2.45, 2.75) is 75.3 Å². The fourth-order valence-corrected chi connectivity index (χ4v) is 7.08. The van der Waals surface area contributed by atoms with Crippen LogP contribution in [0.5, 0.6) is 0 Å². The molecule has 23 heavy (non-hydrogen) atoms. The van der Waals surface area contributed by atoms with Crippen LogP contribution in [0, 0.1) is 0 Å². The molecule has 3 heterocycles. The maximum absolute atomic E-state index is 12.8. The van der Waals surface area contributed by atoms with Gasteiger partial charge in [0.25, 0.3) is 0 Å². The summed E-state index contributed by atoms with van der Waals surface area (Å²) in [6, 6.07) is 0. The molecule has 0 aromatic carbocycles. The van der Waals surface area contributed by atoms with Crippen molar-refractivity contribution in [3.63, 3.8) is 0 Å². The van der Waals surface area contributed by atoms with E-state index in [-0.39, 0.29) is 20.9 Å². The Morgan fingerprint density at radius 2 is 1.17 bits per heavy atom. The number of aromatic nitrogens is 2. The Hall–Kier alpha value is -0.790. The van der Waals surface area contributed by atoms with E-state index < -0.39 is 9.84 Å². The fourth-order valence-electron chi connectivity index (χ4n) is 2.24. The molecule has 0 amide bonds. The summed E-state index contributed by atoms with van der Waals surface area (Å²) in [5.74, 6) is 0. The smallest absolute Gasteiger partial charge is 0.228 e. The van der Waals surface area contributed by atoms with Crippen LogP contribution in [0.2, 0.25) is 0 Å². The number of hydrogen-bond acceptors (Lipinski definition) is 6. The van der Waals surface area contributed by atoms with Crippen molar-refractivity contribution in [3.05, 3.63) is 10.0 Å². The molecule has 0 atom stereocenters. The largest absolute Gasteiger partial charge is 0.244 e. The topological polar surface area (TPSA) is 59.9 Å². The SMILES string of the molecule is CCC(C)(C)c1nc2c(s1)-c1sc(C(C)(C)CC)nc1S2(=O)=O. The summed E-state index contributed by atoms with van der Waals surface area (Å²) in [4.78, 5) is 10.5. The molecule has 126 valence electrons. The Balaban J connectivity index is 2.21. The molecule has 0 saturated heterocycles. The van der Waals surface area contributed by atoms with Crippen molar-refractivity contribution in [3.8, 4) is 9.75 Å². The summed E-state index contributed by atoms with van der Waals surface area (Å²) in [6.45, 7) is 12.6. The van der Waals surface area contributed by atoms with Crippen molar-refractivity contribution >= 4 is 32.5 Å². The van der Waals surface area contributed by atoms with Crippen LogP contribution in [0.25, 0.3) is 9.75 Å². The molecular formula is C16H22N2O2S3. The van der Waals surface area contributed by atoms with E-state index in [0.29, 0.717) is 0 Å². The van der Waals surface area contributed by atoms with Crippen LogP contribution >= 0.6 is 22.7 Å². The number of sulfone groups is 1. The van der Waals surface area contributed by atoms with Gasteiger partial charge in [-0.25, -0.2) is 18.4 Å². The van der Waals surface area contributed by atoms with E-state index in [1.165, 1.54) is 22.7 Å². The average Bonchev–Trinajstić information content (AvgIpc) is 3.14. The van der Waals surface area contributed by atoms with E-state index in [9.17, 15) is 8.42 Å². The Morgan fingerprint density at radius 3 is 1.48 bits per heavy atom. The van der Waals surface area contributed by atoms with Crippen LogP contribution in [0.4, 0.5) is 0 Å². The number of fused-ring (bicyclic) bond motifs is 3. The van der Waals surface area contributed by atoms with Crippen molar-refractivity contribution in [1.82, 2.24) is 9.97 Å². The molecule has 4 nitrogen and oxygen atoms in total. The fraction of sp³-hybridized carbons (Fsp3) is 0.625. The second-order valence-corrected chi connectivity index (χ2v) is 11.1. The predicted molar refractivity (Wildman–Crippen MR) is 95.3 cm³/mol. The van der Waals surface area contributed by atoms with Gasteiger partial charge in [-0.05, 0) is 12.8 Å². The lowest BCUT2D eigenvalue weighted by molar-refractivity contribution is 0.498. The third kappa shape index (κ3) is 2.39. The first kappa shape index (κ1) is 17.0. The molecule has 0 fully saturated rings. The van der Waals surface area contributed by atoms with Crippen LogP contribution < -0.4 is 0 Å². The molecule has 0 aliphatic carbocycles. The number of nitrogens with zero attached hydrogens (tertiary/aromatic N) is 2. The molecule has 0 bridgehead atoms. The van der Waals surface area contributed by atoms with Gasteiger partial charge in [-0.2, -0.15) is 0 Å². The summed E-state index contributed by atoms with van der Waals surface area (Å²) < 4.78 is 25.6. The summed E-state index contributed by atoms with van der Waals surface area (Å²) in [5.41, 5.74) is -0.220. The van der Waals surface area contributed by atoms with Gasteiger partial charge in [-0.1, -0.05) is 41.5 Å². The van der Waals surface area contributed by atoms with Gasteiger partial charge in [0.05, 0.1) is 9.75 Å². The molecule has 0 N–H and O–H groups in total. The van der Waals surface area contributed by atoms with Gasteiger partial charge in [0.2, 0.25) is 9.84 Å². The Labute approximate surface area is 145 Å². The molecule has 7 heteroatoms. The van der Waals surface area contributed by atoms with E-state index in [0.717, 1.165) is 32.6 Å². The Morgan fingerprint density at radius 1 is 0.826 bits per heavy atom. The van der Waals surface area contributed by atoms with Gasteiger partial charge < -0.3 is 0 Å². The van der Waals surface area contributed by atoms with E-state index in [1.54, 1.807) is 0 Å². The Kier molecular flexibility index (Phi) is 3.78. The van der Waals surface area contributed by atoms with Gasteiger partial charge in [-0.15, -0.1) is 22.7 Å². The second-order valence-electron chi connectivity index (χ2n) is 7.28. The molecule has 3 rings (SSSR count). The van der Waals surface area contributed by atoms with Crippen LogP contribution in [0.3, 0.4) is 0 Å². The zero-order valence-corrected chi connectivity index (χ0v) is 16.8. The van der Waals surface area contributed by atoms with Crippen LogP contribution in [-0.2, 0) is 20.7 Å². The molecule has 0 spiro atoms. The minimum absolute atomic E-state index is 0.110. The quantitative estimate of drug-likeness (QED) is 0.662. The molecule has 0 saturated carbocycles. The molecule has 1 aliphatic rings. The number of rotatable bonds is 4. The van der Waals surface area contributed by atoms with Gasteiger partial charge in [0.1, 0.15) is 10.0 Å². The normalized spacial score (nSPS) is 16.4. The first-order chi connectivity index (χ1) is 10.5. The monoisotopic (exact) mass is 370 g/mol. The van der Waals surface area contributed by atoms with Gasteiger partial charge in [0, 0.05) is 10.8 Å². The molecular weight excluding hydrogens is 348 g/mol. The maximum Gasteiger partial charge on any atom is 0.244 e. The van der Waals surface area contributed by atoms with Crippen molar-refractivity contribution < 1.29 is 8.42 Å². The first-order valence-corrected chi connectivity index (χ1v) is 10.9. The highest BCUT2D eigenvalue weighted by atomic mass is 32.2. The number of hydrogen-bond donors (Lipinski definition) is 0. The summed E-state index contributed by atoms with van der Waals surface area (Å²) in [7, 11) is -3.56. The van der Waals surface area contributed by atoms with E-state index in [1.807, 2.05) is 0 Å². The lowest BCUT2D eigenvalue weighted by atomic mass is 9.91. The standard InChI is InChI=1S/C16H22N2O2S3/c1-7-15(3,4)13-17-11-9(21-13)10-12(23(11,19)20)18-14(22-10)16(5,6)8-2/h7-8H2,1-6H3. The second kappa shape index (κ2) is 5.10. The minimum Gasteiger partial charge on any atom is -0.228 e. The molecule has 1 aliphatic heterocycles. The molecule has 2 aromatic rings.